The Hall–Kier alpha value is -3.28. The summed E-state index contributed by atoms with van der Waals surface area (Å²) in [5.41, 5.74) is 0.763. The zero-order valence-corrected chi connectivity index (χ0v) is 16.2. The summed E-state index contributed by atoms with van der Waals surface area (Å²) in [6.45, 7) is 0.0910. The molecular formula is C23H20O4S. The van der Waals surface area contributed by atoms with Gasteiger partial charge in [0, 0.05) is 16.9 Å². The smallest absolute Gasteiger partial charge is 0.341 e. The van der Waals surface area contributed by atoms with Crippen LogP contribution in [0.2, 0.25) is 0 Å². The van der Waals surface area contributed by atoms with Gasteiger partial charge in [0.2, 0.25) is 0 Å². The van der Waals surface area contributed by atoms with E-state index >= 15 is 0 Å². The molecule has 0 aliphatic rings. The molecule has 0 fully saturated rings. The van der Waals surface area contributed by atoms with Gasteiger partial charge in [0.1, 0.15) is 17.1 Å². The topological polar surface area (TPSA) is 55.8 Å². The van der Waals surface area contributed by atoms with Gasteiger partial charge in [-0.2, -0.15) is 0 Å². The maximum absolute atomic E-state index is 12.0. The molecule has 142 valence electrons. The maximum Gasteiger partial charge on any atom is 0.341 e. The van der Waals surface area contributed by atoms with E-state index < -0.39 is 5.97 Å². The van der Waals surface area contributed by atoms with Crippen molar-refractivity contribution >= 4 is 17.7 Å². The van der Waals surface area contributed by atoms with Gasteiger partial charge in [-0.1, -0.05) is 24.0 Å². The van der Waals surface area contributed by atoms with Crippen LogP contribution in [-0.4, -0.2) is 30.0 Å². The molecular weight excluding hydrogens is 372 g/mol. The van der Waals surface area contributed by atoms with Crippen molar-refractivity contribution in [1.29, 1.82) is 0 Å². The summed E-state index contributed by atoms with van der Waals surface area (Å²) in [7, 11) is 1.61. The van der Waals surface area contributed by atoms with Gasteiger partial charge in [0.05, 0.1) is 19.0 Å². The first-order valence-corrected chi connectivity index (χ1v) is 9.34. The lowest BCUT2D eigenvalue weighted by Gasteiger charge is -2.09. The second-order valence-corrected chi connectivity index (χ2v) is 6.83. The number of terminal acetylenes is 2. The summed E-state index contributed by atoms with van der Waals surface area (Å²) in [4.78, 5) is 13.0. The van der Waals surface area contributed by atoms with Crippen LogP contribution < -0.4 is 4.74 Å². The minimum atomic E-state index is -0.601. The SMILES string of the molecule is C#C/C(=C\C(C#C)Sc1ccc(OC)cc1)CCOC(=O)c1ccccc1O. The third-order valence-electron chi connectivity index (χ3n) is 3.75. The lowest BCUT2D eigenvalue weighted by molar-refractivity contribution is 0.0507. The molecule has 1 unspecified atom stereocenters. The molecule has 0 amide bonds. The van der Waals surface area contributed by atoms with Gasteiger partial charge in [-0.3, -0.25) is 0 Å². The number of phenolic OH excluding ortho intramolecular Hbond substituents is 1. The summed E-state index contributed by atoms with van der Waals surface area (Å²) >= 11 is 1.49. The minimum absolute atomic E-state index is 0.0910. The number of hydrogen-bond acceptors (Lipinski definition) is 5. The van der Waals surface area contributed by atoms with Gasteiger partial charge >= 0.3 is 5.97 Å². The molecule has 2 aromatic rings. The van der Waals surface area contributed by atoms with E-state index in [0.29, 0.717) is 12.0 Å². The normalized spacial score (nSPS) is 11.8. The zero-order chi connectivity index (χ0) is 20.4. The largest absolute Gasteiger partial charge is 0.507 e. The summed E-state index contributed by atoms with van der Waals surface area (Å²) in [6, 6.07) is 13.8. The molecule has 0 heterocycles. The molecule has 4 nitrogen and oxygen atoms in total. The van der Waals surface area contributed by atoms with Gasteiger partial charge in [0.25, 0.3) is 0 Å². The van der Waals surface area contributed by atoms with Crippen LogP contribution in [-0.2, 0) is 4.74 Å². The van der Waals surface area contributed by atoms with Crippen LogP contribution in [0.25, 0.3) is 0 Å². The first kappa shape index (κ1) is 21.0. The van der Waals surface area contributed by atoms with Crippen molar-refractivity contribution in [3.63, 3.8) is 0 Å². The fourth-order valence-corrected chi connectivity index (χ4v) is 3.17. The van der Waals surface area contributed by atoms with Crippen molar-refractivity contribution in [2.24, 2.45) is 0 Å². The second kappa shape index (κ2) is 10.8. The van der Waals surface area contributed by atoms with Gasteiger partial charge in [-0.15, -0.1) is 24.6 Å². The Balaban J connectivity index is 1.94. The quantitative estimate of drug-likeness (QED) is 0.412. The molecule has 0 saturated heterocycles. The molecule has 0 aliphatic heterocycles. The predicted molar refractivity (Wildman–Crippen MR) is 111 cm³/mol. The van der Waals surface area contributed by atoms with Gasteiger partial charge < -0.3 is 14.6 Å². The Labute approximate surface area is 169 Å². The molecule has 0 radical (unpaired) electrons. The number of carbonyl (C=O) groups excluding carboxylic acids is 1. The van der Waals surface area contributed by atoms with Crippen LogP contribution in [0.5, 0.6) is 11.5 Å². The molecule has 28 heavy (non-hydrogen) atoms. The molecule has 0 bridgehead atoms. The summed E-state index contributed by atoms with van der Waals surface area (Å²) in [5, 5.41) is 9.43. The molecule has 1 atom stereocenters. The number of hydrogen-bond donors (Lipinski definition) is 1. The maximum atomic E-state index is 12.0. The molecule has 2 rings (SSSR count). The van der Waals surface area contributed by atoms with Crippen molar-refractivity contribution in [3.05, 3.63) is 65.7 Å². The number of carbonyl (C=O) groups is 1. The molecule has 2 aromatic carbocycles. The Kier molecular flexibility index (Phi) is 8.09. The van der Waals surface area contributed by atoms with Crippen LogP contribution in [0.15, 0.2) is 65.1 Å². The predicted octanol–water partition coefficient (Wildman–Crippen LogP) is 4.30. The van der Waals surface area contributed by atoms with Gasteiger partial charge in [-0.05, 0) is 42.5 Å². The summed E-state index contributed by atoms with van der Waals surface area (Å²) < 4.78 is 10.3. The summed E-state index contributed by atoms with van der Waals surface area (Å²) in [5.74, 6) is 5.33. The molecule has 5 heteroatoms. The van der Waals surface area contributed by atoms with E-state index in [-0.39, 0.29) is 23.2 Å². The van der Waals surface area contributed by atoms with E-state index in [0.717, 1.165) is 10.6 Å². The minimum Gasteiger partial charge on any atom is -0.507 e. The van der Waals surface area contributed by atoms with Crippen molar-refractivity contribution < 1.29 is 19.4 Å². The third-order valence-corrected chi connectivity index (χ3v) is 4.82. The molecule has 0 aromatic heterocycles. The van der Waals surface area contributed by atoms with Crippen molar-refractivity contribution in [2.75, 3.05) is 13.7 Å². The molecule has 0 saturated carbocycles. The number of benzene rings is 2. The monoisotopic (exact) mass is 392 g/mol. The zero-order valence-electron chi connectivity index (χ0n) is 15.4. The number of para-hydroxylation sites is 1. The first-order valence-electron chi connectivity index (χ1n) is 8.46. The van der Waals surface area contributed by atoms with Crippen LogP contribution >= 0.6 is 11.8 Å². The van der Waals surface area contributed by atoms with Crippen molar-refractivity contribution in [2.45, 2.75) is 16.6 Å². The number of aromatic hydroxyl groups is 1. The Morgan fingerprint density at radius 1 is 1.21 bits per heavy atom. The van der Waals surface area contributed by atoms with Crippen molar-refractivity contribution in [1.82, 2.24) is 0 Å². The molecule has 1 N–H and O–H groups in total. The van der Waals surface area contributed by atoms with E-state index in [4.69, 9.17) is 22.3 Å². The average molecular weight is 392 g/mol. The number of esters is 1. The third kappa shape index (κ3) is 6.16. The highest BCUT2D eigenvalue weighted by molar-refractivity contribution is 8.00. The first-order chi connectivity index (χ1) is 13.6. The van der Waals surface area contributed by atoms with Crippen LogP contribution in [0.3, 0.4) is 0 Å². The summed E-state index contributed by atoms with van der Waals surface area (Å²) in [6.07, 6.45) is 13.4. The number of rotatable bonds is 8. The van der Waals surface area contributed by atoms with Crippen LogP contribution in [0, 0.1) is 24.7 Å². The standard InChI is InChI=1S/C23H20O4S/c1-4-17(14-15-27-23(25)21-8-6-7-9-22(21)24)16-19(5-2)28-20-12-10-18(26-3)11-13-20/h1-2,6-13,16,19,24H,14-15H2,3H3/b17-16+. The van der Waals surface area contributed by atoms with Crippen molar-refractivity contribution in [3.8, 4) is 36.2 Å². The second-order valence-electron chi connectivity index (χ2n) is 5.62. The Morgan fingerprint density at radius 3 is 2.54 bits per heavy atom. The van der Waals surface area contributed by atoms with Gasteiger partial charge in [-0.25, -0.2) is 4.79 Å². The number of methoxy groups -OCH3 is 1. The fraction of sp³-hybridized carbons (Fsp3) is 0.174. The van der Waals surface area contributed by atoms with Crippen LogP contribution in [0.4, 0.5) is 0 Å². The van der Waals surface area contributed by atoms with Gasteiger partial charge in [0.15, 0.2) is 0 Å². The highest BCUT2D eigenvalue weighted by Crippen LogP contribution is 2.27. The van der Waals surface area contributed by atoms with E-state index in [1.807, 2.05) is 30.3 Å². The number of ether oxygens (including phenoxy) is 2. The van der Waals surface area contributed by atoms with E-state index in [1.54, 1.807) is 19.2 Å². The number of phenols is 1. The highest BCUT2D eigenvalue weighted by atomic mass is 32.2. The number of thioether (sulfide) groups is 1. The highest BCUT2D eigenvalue weighted by Gasteiger charge is 2.12. The molecule has 0 aliphatic carbocycles. The van der Waals surface area contributed by atoms with Crippen LogP contribution in [0.1, 0.15) is 16.8 Å². The fourth-order valence-electron chi connectivity index (χ4n) is 2.28. The van der Waals surface area contributed by atoms with E-state index in [1.165, 1.54) is 23.9 Å². The Bertz CT molecular complexity index is 917. The lowest BCUT2D eigenvalue weighted by atomic mass is 10.1. The van der Waals surface area contributed by atoms with E-state index in [9.17, 15) is 9.90 Å². The average Bonchev–Trinajstić information content (AvgIpc) is 2.72. The lowest BCUT2D eigenvalue weighted by Crippen LogP contribution is -2.07. The Morgan fingerprint density at radius 2 is 1.93 bits per heavy atom. The van der Waals surface area contributed by atoms with E-state index in [2.05, 4.69) is 11.8 Å². The molecule has 0 spiro atoms.